The van der Waals surface area contributed by atoms with Gasteiger partial charge in [0.15, 0.2) is 0 Å². The molecule has 1 rings (SSSR count). The van der Waals surface area contributed by atoms with Gasteiger partial charge in [0.05, 0.1) is 6.42 Å². The molecule has 0 aromatic heterocycles. The van der Waals surface area contributed by atoms with Crippen LogP contribution in [0.4, 0.5) is 13.2 Å². The lowest BCUT2D eigenvalue weighted by molar-refractivity contribution is -0.137. The van der Waals surface area contributed by atoms with Crippen molar-refractivity contribution in [2.45, 2.75) is 38.4 Å². The van der Waals surface area contributed by atoms with Crippen molar-refractivity contribution in [2.24, 2.45) is 5.73 Å². The fourth-order valence-corrected chi connectivity index (χ4v) is 1.98. The van der Waals surface area contributed by atoms with E-state index < -0.39 is 12.6 Å². The third kappa shape index (κ3) is 5.92. The van der Waals surface area contributed by atoms with Crippen LogP contribution in [0.25, 0.3) is 0 Å². The molecule has 5 heteroatoms. The van der Waals surface area contributed by atoms with E-state index in [1.54, 1.807) is 11.9 Å². The fraction of sp³-hybridized carbons (Fsp3) is 0.600. The van der Waals surface area contributed by atoms with Gasteiger partial charge in [0, 0.05) is 19.1 Å². The molecule has 20 heavy (non-hydrogen) atoms. The fourth-order valence-electron chi connectivity index (χ4n) is 1.98. The highest BCUT2D eigenvalue weighted by molar-refractivity contribution is 5.26. The largest absolute Gasteiger partial charge is 0.390 e. The summed E-state index contributed by atoms with van der Waals surface area (Å²) in [5.41, 5.74) is 8.22. The maximum Gasteiger partial charge on any atom is 0.390 e. The van der Waals surface area contributed by atoms with Crippen LogP contribution < -0.4 is 5.73 Å². The lowest BCUT2D eigenvalue weighted by Gasteiger charge is -2.22. The Hall–Kier alpha value is -1.07. The highest BCUT2D eigenvalue weighted by atomic mass is 19.4. The van der Waals surface area contributed by atoms with E-state index in [1.807, 2.05) is 24.3 Å². The number of rotatable bonds is 6. The van der Waals surface area contributed by atoms with Gasteiger partial charge >= 0.3 is 6.18 Å². The van der Waals surface area contributed by atoms with E-state index >= 15 is 0 Å². The Morgan fingerprint density at radius 1 is 1.10 bits per heavy atom. The van der Waals surface area contributed by atoms with Crippen molar-refractivity contribution < 1.29 is 13.2 Å². The third-order valence-electron chi connectivity index (χ3n) is 3.32. The van der Waals surface area contributed by atoms with Crippen LogP contribution >= 0.6 is 0 Å². The number of hydrogen-bond donors (Lipinski definition) is 1. The molecule has 2 N–H and O–H groups in total. The second-order valence-electron chi connectivity index (χ2n) is 5.56. The van der Waals surface area contributed by atoms with E-state index in [9.17, 15) is 13.2 Å². The molecule has 0 bridgehead atoms. The predicted octanol–water partition coefficient (Wildman–Crippen LogP) is 3.69. The van der Waals surface area contributed by atoms with Crippen LogP contribution in [0.15, 0.2) is 24.3 Å². The van der Waals surface area contributed by atoms with Crippen molar-refractivity contribution in [3.8, 4) is 0 Å². The quantitative estimate of drug-likeness (QED) is 0.865. The van der Waals surface area contributed by atoms with Gasteiger partial charge in [0.1, 0.15) is 0 Å². The highest BCUT2D eigenvalue weighted by Gasteiger charge is 2.27. The zero-order valence-electron chi connectivity index (χ0n) is 12.2. The molecule has 0 aliphatic heterocycles. The molecule has 0 fully saturated rings. The van der Waals surface area contributed by atoms with Gasteiger partial charge in [-0.05, 0) is 24.1 Å². The summed E-state index contributed by atoms with van der Waals surface area (Å²) < 4.78 is 36.4. The molecule has 1 aromatic carbocycles. The smallest absolute Gasteiger partial charge is 0.323 e. The Balaban J connectivity index is 2.51. The molecule has 2 nitrogen and oxygen atoms in total. The van der Waals surface area contributed by atoms with E-state index in [4.69, 9.17) is 5.73 Å². The molecule has 0 saturated heterocycles. The summed E-state index contributed by atoms with van der Waals surface area (Å²) in [5, 5.41) is 0. The summed E-state index contributed by atoms with van der Waals surface area (Å²) in [6.45, 7) is 4.61. The molecule has 0 heterocycles. The minimum atomic E-state index is -4.11. The van der Waals surface area contributed by atoms with E-state index in [0.29, 0.717) is 12.5 Å². The van der Waals surface area contributed by atoms with Gasteiger partial charge in [-0.2, -0.15) is 13.2 Å². The van der Waals surface area contributed by atoms with Gasteiger partial charge in [-0.15, -0.1) is 0 Å². The maximum atomic E-state index is 12.1. The molecule has 1 aromatic rings. The number of nitrogens with zero attached hydrogens (tertiary/aromatic N) is 1. The Bertz CT molecular complexity index is 399. The summed E-state index contributed by atoms with van der Waals surface area (Å²) in [5.74, 6) is 0.453. The van der Waals surface area contributed by atoms with Crippen LogP contribution in [0.2, 0.25) is 0 Å². The Labute approximate surface area is 118 Å². The minimum absolute atomic E-state index is 0.0265. The highest BCUT2D eigenvalue weighted by Crippen LogP contribution is 2.21. The average molecular weight is 288 g/mol. The minimum Gasteiger partial charge on any atom is -0.323 e. The first-order chi connectivity index (χ1) is 9.19. The molecular weight excluding hydrogens is 265 g/mol. The average Bonchev–Trinajstić information content (AvgIpc) is 2.35. The number of nitrogens with two attached hydrogens (primary N) is 1. The van der Waals surface area contributed by atoms with Crippen molar-refractivity contribution in [1.29, 1.82) is 0 Å². The third-order valence-corrected chi connectivity index (χ3v) is 3.32. The first kappa shape index (κ1) is 17.0. The zero-order chi connectivity index (χ0) is 15.3. The van der Waals surface area contributed by atoms with E-state index in [-0.39, 0.29) is 12.6 Å². The number of halogens is 3. The molecule has 0 aliphatic carbocycles. The van der Waals surface area contributed by atoms with Gasteiger partial charge in [-0.1, -0.05) is 38.1 Å². The van der Waals surface area contributed by atoms with Gasteiger partial charge < -0.3 is 10.6 Å². The normalized spacial score (nSPS) is 14.1. The van der Waals surface area contributed by atoms with Crippen LogP contribution in [-0.4, -0.2) is 31.2 Å². The van der Waals surface area contributed by atoms with Crippen molar-refractivity contribution in [1.82, 2.24) is 4.90 Å². The van der Waals surface area contributed by atoms with Crippen LogP contribution in [0.1, 0.15) is 43.4 Å². The molecule has 114 valence electrons. The topological polar surface area (TPSA) is 29.3 Å². The van der Waals surface area contributed by atoms with Crippen LogP contribution in [0.3, 0.4) is 0 Å². The lowest BCUT2D eigenvalue weighted by Crippen LogP contribution is -2.31. The molecule has 0 aliphatic rings. The second-order valence-corrected chi connectivity index (χ2v) is 5.56. The monoisotopic (exact) mass is 288 g/mol. The first-order valence-corrected chi connectivity index (χ1v) is 6.80. The van der Waals surface area contributed by atoms with E-state index in [1.165, 1.54) is 5.56 Å². The SMILES string of the molecule is CC(C)c1ccc(C(N)CN(C)CCC(F)(F)F)cc1. The second kappa shape index (κ2) is 7.09. The summed E-state index contributed by atoms with van der Waals surface area (Å²) in [6.07, 6.45) is -4.92. The Morgan fingerprint density at radius 3 is 2.05 bits per heavy atom. The standard InChI is InChI=1S/C15H23F3N2/c1-11(2)12-4-6-13(7-5-12)14(19)10-20(3)9-8-15(16,17)18/h4-7,11,14H,8-10,19H2,1-3H3. The zero-order valence-corrected chi connectivity index (χ0v) is 12.2. The Kier molecular flexibility index (Phi) is 6.02. The molecular formula is C15H23F3N2. The maximum absolute atomic E-state index is 12.1. The molecule has 1 atom stereocenters. The lowest BCUT2D eigenvalue weighted by atomic mass is 9.99. The first-order valence-electron chi connectivity index (χ1n) is 6.80. The number of hydrogen-bond acceptors (Lipinski definition) is 2. The van der Waals surface area contributed by atoms with Crippen LogP contribution in [0.5, 0.6) is 0 Å². The van der Waals surface area contributed by atoms with Crippen LogP contribution in [-0.2, 0) is 0 Å². The summed E-state index contributed by atoms with van der Waals surface area (Å²) in [7, 11) is 1.66. The van der Waals surface area contributed by atoms with Crippen molar-refractivity contribution in [3.05, 3.63) is 35.4 Å². The van der Waals surface area contributed by atoms with Gasteiger partial charge in [0.2, 0.25) is 0 Å². The molecule has 0 spiro atoms. The van der Waals surface area contributed by atoms with E-state index in [0.717, 1.165) is 5.56 Å². The van der Waals surface area contributed by atoms with Crippen molar-refractivity contribution >= 4 is 0 Å². The van der Waals surface area contributed by atoms with Crippen LogP contribution in [0, 0.1) is 0 Å². The molecule has 0 amide bonds. The molecule has 0 saturated carbocycles. The van der Waals surface area contributed by atoms with Crippen molar-refractivity contribution in [2.75, 3.05) is 20.1 Å². The number of benzene rings is 1. The van der Waals surface area contributed by atoms with Gasteiger partial charge in [0.25, 0.3) is 0 Å². The number of likely N-dealkylation sites (N-methyl/N-ethyl adjacent to an activating group) is 1. The summed E-state index contributed by atoms with van der Waals surface area (Å²) in [4.78, 5) is 1.62. The summed E-state index contributed by atoms with van der Waals surface area (Å²) >= 11 is 0. The van der Waals surface area contributed by atoms with Crippen molar-refractivity contribution in [3.63, 3.8) is 0 Å². The predicted molar refractivity (Wildman–Crippen MR) is 75.6 cm³/mol. The molecule has 1 unspecified atom stereocenters. The summed E-state index contributed by atoms with van der Waals surface area (Å²) in [6, 6.07) is 7.69. The van der Waals surface area contributed by atoms with E-state index in [2.05, 4.69) is 13.8 Å². The Morgan fingerprint density at radius 2 is 1.60 bits per heavy atom. The van der Waals surface area contributed by atoms with Gasteiger partial charge in [-0.3, -0.25) is 0 Å². The van der Waals surface area contributed by atoms with Gasteiger partial charge in [-0.25, -0.2) is 0 Å². The molecule has 0 radical (unpaired) electrons. The number of alkyl halides is 3.